The van der Waals surface area contributed by atoms with Gasteiger partial charge in [-0.05, 0) is 42.9 Å². The summed E-state index contributed by atoms with van der Waals surface area (Å²) in [5.74, 6) is 3.77. The molecular formula is C18H32. The molecular weight excluding hydrogens is 216 g/mol. The number of rotatable bonds is 5. The van der Waals surface area contributed by atoms with Crippen LogP contribution in [0.15, 0.2) is 11.6 Å². The topological polar surface area (TPSA) is 0 Å². The molecule has 18 heavy (non-hydrogen) atoms. The molecule has 0 amide bonds. The third-order valence-electron chi connectivity index (χ3n) is 5.52. The highest BCUT2D eigenvalue weighted by Gasteiger charge is 2.34. The minimum absolute atomic E-state index is 0.937. The summed E-state index contributed by atoms with van der Waals surface area (Å²) < 4.78 is 0. The summed E-state index contributed by atoms with van der Waals surface area (Å²) in [5, 5.41) is 0. The highest BCUT2D eigenvalue weighted by Crippen LogP contribution is 2.46. The lowest BCUT2D eigenvalue weighted by Crippen LogP contribution is -2.18. The van der Waals surface area contributed by atoms with Gasteiger partial charge in [0, 0.05) is 0 Å². The molecule has 4 atom stereocenters. The van der Waals surface area contributed by atoms with Crippen molar-refractivity contribution in [3.8, 4) is 0 Å². The molecule has 0 radical (unpaired) electrons. The van der Waals surface area contributed by atoms with E-state index < -0.39 is 0 Å². The van der Waals surface area contributed by atoms with Gasteiger partial charge in [0.1, 0.15) is 0 Å². The van der Waals surface area contributed by atoms with E-state index in [0.717, 1.165) is 23.7 Å². The van der Waals surface area contributed by atoms with Crippen LogP contribution in [0.2, 0.25) is 0 Å². The summed E-state index contributed by atoms with van der Waals surface area (Å²) in [6.45, 7) is 7.29. The van der Waals surface area contributed by atoms with Crippen molar-refractivity contribution in [1.29, 1.82) is 0 Å². The van der Waals surface area contributed by atoms with Crippen molar-refractivity contribution in [2.75, 3.05) is 0 Å². The summed E-state index contributed by atoms with van der Waals surface area (Å²) in [7, 11) is 0. The highest BCUT2D eigenvalue weighted by molar-refractivity contribution is 5.16. The van der Waals surface area contributed by atoms with Gasteiger partial charge in [-0.3, -0.25) is 0 Å². The van der Waals surface area contributed by atoms with Crippen molar-refractivity contribution in [1.82, 2.24) is 0 Å². The standard InChI is InChI=1S/C18H32/c1-4-5-6-11-18(16-12-7-9-14(16)2)17-13-8-10-15(17)3/h11,14-17H,4-10,12-13H2,1-3H3/t14-,15+,16-,17-/m1/s1. The summed E-state index contributed by atoms with van der Waals surface area (Å²) in [6, 6.07) is 0. The smallest absolute Gasteiger partial charge is 0.0175 e. The molecule has 0 aromatic heterocycles. The summed E-state index contributed by atoms with van der Waals surface area (Å²) in [5.41, 5.74) is 1.89. The monoisotopic (exact) mass is 248 g/mol. The summed E-state index contributed by atoms with van der Waals surface area (Å²) >= 11 is 0. The molecule has 0 heterocycles. The third-order valence-corrected chi connectivity index (χ3v) is 5.52. The van der Waals surface area contributed by atoms with Crippen LogP contribution in [0.1, 0.15) is 78.6 Å². The van der Waals surface area contributed by atoms with E-state index in [1.165, 1.54) is 57.8 Å². The van der Waals surface area contributed by atoms with Gasteiger partial charge < -0.3 is 0 Å². The molecule has 2 rings (SSSR count). The lowest BCUT2D eigenvalue weighted by molar-refractivity contribution is 0.380. The molecule has 2 aliphatic carbocycles. The third kappa shape index (κ3) is 3.19. The second-order valence-corrected chi connectivity index (χ2v) is 6.88. The molecule has 0 N–H and O–H groups in total. The quantitative estimate of drug-likeness (QED) is 0.415. The van der Waals surface area contributed by atoms with Gasteiger partial charge in [0.15, 0.2) is 0 Å². The fourth-order valence-corrected chi connectivity index (χ4v) is 4.33. The van der Waals surface area contributed by atoms with Crippen molar-refractivity contribution in [3.05, 3.63) is 11.6 Å². The lowest BCUT2D eigenvalue weighted by atomic mass is 9.77. The maximum Gasteiger partial charge on any atom is -0.0175 e. The molecule has 0 unspecified atom stereocenters. The minimum atomic E-state index is 0.937. The Labute approximate surface area is 114 Å². The Hall–Kier alpha value is -0.260. The van der Waals surface area contributed by atoms with Crippen LogP contribution in [-0.4, -0.2) is 0 Å². The Morgan fingerprint density at radius 3 is 1.89 bits per heavy atom. The molecule has 0 aromatic rings. The first-order valence-corrected chi connectivity index (χ1v) is 8.44. The van der Waals surface area contributed by atoms with Gasteiger partial charge in [0.25, 0.3) is 0 Å². The second kappa shape index (κ2) is 6.78. The largest absolute Gasteiger partial charge is 0.0848 e. The van der Waals surface area contributed by atoms with Gasteiger partial charge >= 0.3 is 0 Å². The first kappa shape index (κ1) is 14.2. The zero-order chi connectivity index (χ0) is 13.0. The van der Waals surface area contributed by atoms with Crippen molar-refractivity contribution < 1.29 is 0 Å². The molecule has 0 saturated heterocycles. The average Bonchev–Trinajstić information content (AvgIpc) is 2.95. The van der Waals surface area contributed by atoms with E-state index in [2.05, 4.69) is 26.8 Å². The molecule has 2 saturated carbocycles. The Bertz CT molecular complexity index is 254. The normalized spacial score (nSPS) is 37.4. The molecule has 0 aliphatic heterocycles. The Balaban J connectivity index is 2.09. The molecule has 2 fully saturated rings. The van der Waals surface area contributed by atoms with Crippen LogP contribution < -0.4 is 0 Å². The fourth-order valence-electron chi connectivity index (χ4n) is 4.33. The van der Waals surface area contributed by atoms with Crippen LogP contribution in [0.4, 0.5) is 0 Å². The van der Waals surface area contributed by atoms with Crippen LogP contribution in [-0.2, 0) is 0 Å². The minimum Gasteiger partial charge on any atom is -0.0848 e. The molecule has 0 nitrogen and oxygen atoms in total. The highest BCUT2D eigenvalue weighted by atomic mass is 14.4. The summed E-state index contributed by atoms with van der Waals surface area (Å²) in [4.78, 5) is 0. The number of hydrogen-bond acceptors (Lipinski definition) is 0. The maximum atomic E-state index is 2.67. The first-order chi connectivity index (χ1) is 8.74. The Morgan fingerprint density at radius 1 is 0.944 bits per heavy atom. The van der Waals surface area contributed by atoms with Gasteiger partial charge in [0.05, 0.1) is 0 Å². The van der Waals surface area contributed by atoms with Gasteiger partial charge in [-0.15, -0.1) is 0 Å². The maximum absolute atomic E-state index is 2.67. The summed E-state index contributed by atoms with van der Waals surface area (Å²) in [6.07, 6.45) is 15.5. The average molecular weight is 248 g/mol. The van der Waals surface area contributed by atoms with E-state index in [1.807, 2.05) is 5.57 Å². The van der Waals surface area contributed by atoms with Crippen LogP contribution in [0.25, 0.3) is 0 Å². The van der Waals surface area contributed by atoms with Crippen LogP contribution in [0, 0.1) is 23.7 Å². The Kier molecular flexibility index (Phi) is 5.33. The molecule has 0 bridgehead atoms. The van der Waals surface area contributed by atoms with E-state index in [0.29, 0.717) is 0 Å². The molecule has 104 valence electrons. The van der Waals surface area contributed by atoms with Crippen molar-refractivity contribution in [3.63, 3.8) is 0 Å². The van der Waals surface area contributed by atoms with Gasteiger partial charge in [-0.25, -0.2) is 0 Å². The Morgan fingerprint density at radius 2 is 1.50 bits per heavy atom. The molecule has 0 heteroatoms. The van der Waals surface area contributed by atoms with E-state index >= 15 is 0 Å². The zero-order valence-electron chi connectivity index (χ0n) is 12.8. The first-order valence-electron chi connectivity index (χ1n) is 8.44. The van der Waals surface area contributed by atoms with E-state index in [4.69, 9.17) is 0 Å². The number of allylic oxidation sites excluding steroid dienone is 2. The van der Waals surface area contributed by atoms with Crippen LogP contribution in [0.3, 0.4) is 0 Å². The molecule has 0 aromatic carbocycles. The zero-order valence-corrected chi connectivity index (χ0v) is 12.8. The van der Waals surface area contributed by atoms with E-state index in [-0.39, 0.29) is 0 Å². The van der Waals surface area contributed by atoms with Gasteiger partial charge in [-0.1, -0.05) is 70.9 Å². The van der Waals surface area contributed by atoms with Crippen LogP contribution >= 0.6 is 0 Å². The molecule has 0 spiro atoms. The van der Waals surface area contributed by atoms with Crippen molar-refractivity contribution in [2.24, 2.45) is 23.7 Å². The second-order valence-electron chi connectivity index (χ2n) is 6.88. The fraction of sp³-hybridized carbons (Fsp3) is 0.889. The van der Waals surface area contributed by atoms with Gasteiger partial charge in [-0.2, -0.15) is 0 Å². The number of unbranched alkanes of at least 4 members (excludes halogenated alkanes) is 2. The predicted molar refractivity (Wildman–Crippen MR) is 80.6 cm³/mol. The number of hydrogen-bond donors (Lipinski definition) is 0. The van der Waals surface area contributed by atoms with Gasteiger partial charge in [0.2, 0.25) is 0 Å². The predicted octanol–water partition coefficient (Wildman–Crippen LogP) is 5.98. The molecule has 2 aliphatic rings. The van der Waals surface area contributed by atoms with Crippen LogP contribution in [0.5, 0.6) is 0 Å². The van der Waals surface area contributed by atoms with E-state index in [1.54, 1.807) is 0 Å². The van der Waals surface area contributed by atoms with E-state index in [9.17, 15) is 0 Å². The van der Waals surface area contributed by atoms with Crippen molar-refractivity contribution >= 4 is 0 Å². The lowest BCUT2D eigenvalue weighted by Gasteiger charge is -2.28. The SMILES string of the molecule is CCCCC=C([C@@H]1CCC[C@H]1C)[C@@H]1CCC[C@@H]1C. The van der Waals surface area contributed by atoms with Crippen molar-refractivity contribution in [2.45, 2.75) is 78.6 Å².